The van der Waals surface area contributed by atoms with Crippen molar-refractivity contribution < 1.29 is 0 Å². The second-order valence-electron chi connectivity index (χ2n) is 2.55. The first kappa shape index (κ1) is 9.62. The zero-order valence-electron chi connectivity index (χ0n) is 6.63. The van der Waals surface area contributed by atoms with Gasteiger partial charge in [0.2, 0.25) is 0 Å². The maximum absolute atomic E-state index is 3.51. The summed E-state index contributed by atoms with van der Waals surface area (Å²) >= 11 is 7.32. The number of thiophene rings is 1. The van der Waals surface area contributed by atoms with Crippen molar-refractivity contribution in [3.8, 4) is 0 Å². The van der Waals surface area contributed by atoms with E-state index in [1.807, 2.05) is 23.1 Å². The highest BCUT2D eigenvalue weighted by atomic mass is 79.9. The van der Waals surface area contributed by atoms with Crippen molar-refractivity contribution in [1.29, 1.82) is 0 Å². The van der Waals surface area contributed by atoms with Crippen LogP contribution < -0.4 is 0 Å². The van der Waals surface area contributed by atoms with Crippen LogP contribution in [-0.4, -0.2) is 5.25 Å². The summed E-state index contributed by atoms with van der Waals surface area (Å²) in [5, 5.41) is 2.85. The molecule has 0 atom stereocenters. The molecule has 1 aromatic rings. The minimum atomic E-state index is 0.726. The molecule has 0 saturated heterocycles. The highest BCUT2D eigenvalue weighted by molar-refractivity contribution is 9.10. The van der Waals surface area contributed by atoms with Gasteiger partial charge in [-0.3, -0.25) is 0 Å². The summed E-state index contributed by atoms with van der Waals surface area (Å²) in [6.45, 7) is 4.46. The van der Waals surface area contributed by atoms with Crippen molar-refractivity contribution in [3.63, 3.8) is 0 Å². The Morgan fingerprint density at radius 3 is 2.82 bits per heavy atom. The number of halogens is 1. The van der Waals surface area contributed by atoms with E-state index in [-0.39, 0.29) is 0 Å². The average Bonchev–Trinajstić information content (AvgIpc) is 2.31. The minimum absolute atomic E-state index is 0.726. The van der Waals surface area contributed by atoms with Crippen LogP contribution in [0.25, 0.3) is 0 Å². The molecule has 0 N–H and O–H groups in total. The number of hydrogen-bond acceptors (Lipinski definition) is 2. The topological polar surface area (TPSA) is 0 Å². The van der Waals surface area contributed by atoms with Gasteiger partial charge in [0, 0.05) is 15.1 Å². The molecule has 11 heavy (non-hydrogen) atoms. The standard InChI is InChI=1S/C8H11BrS2/c1-6(2)11-5-8-7(9)3-4-10-8/h3-4,6H,5H2,1-2H3. The molecule has 0 amide bonds. The lowest BCUT2D eigenvalue weighted by Crippen LogP contribution is -1.86. The first-order chi connectivity index (χ1) is 5.20. The van der Waals surface area contributed by atoms with E-state index in [0.717, 1.165) is 11.0 Å². The fourth-order valence-corrected chi connectivity index (χ4v) is 3.25. The molecular weight excluding hydrogens is 240 g/mol. The van der Waals surface area contributed by atoms with Crippen LogP contribution in [0.3, 0.4) is 0 Å². The number of hydrogen-bond donors (Lipinski definition) is 0. The van der Waals surface area contributed by atoms with Crippen LogP contribution in [0.4, 0.5) is 0 Å². The van der Waals surface area contributed by atoms with Gasteiger partial charge in [-0.2, -0.15) is 11.8 Å². The first-order valence-electron chi connectivity index (χ1n) is 3.53. The van der Waals surface area contributed by atoms with E-state index in [1.165, 1.54) is 9.35 Å². The normalized spacial score (nSPS) is 10.9. The molecule has 62 valence electrons. The molecule has 1 heterocycles. The van der Waals surface area contributed by atoms with E-state index >= 15 is 0 Å². The quantitative estimate of drug-likeness (QED) is 0.777. The largest absolute Gasteiger partial charge is 0.153 e. The Morgan fingerprint density at radius 1 is 1.64 bits per heavy atom. The van der Waals surface area contributed by atoms with Gasteiger partial charge in [-0.15, -0.1) is 11.3 Å². The molecule has 0 radical (unpaired) electrons. The van der Waals surface area contributed by atoms with E-state index in [4.69, 9.17) is 0 Å². The molecule has 0 aromatic carbocycles. The average molecular weight is 251 g/mol. The summed E-state index contributed by atoms with van der Waals surface area (Å²) in [6, 6.07) is 2.11. The molecule has 0 bridgehead atoms. The van der Waals surface area contributed by atoms with Crippen molar-refractivity contribution in [2.75, 3.05) is 0 Å². The van der Waals surface area contributed by atoms with Gasteiger partial charge in [0.1, 0.15) is 0 Å². The summed E-state index contributed by atoms with van der Waals surface area (Å²) in [6.07, 6.45) is 0. The SMILES string of the molecule is CC(C)SCc1sccc1Br. The van der Waals surface area contributed by atoms with Gasteiger partial charge in [-0.05, 0) is 32.6 Å². The molecule has 0 unspecified atom stereocenters. The monoisotopic (exact) mass is 250 g/mol. The molecule has 0 aliphatic carbocycles. The Bertz CT molecular complexity index is 218. The zero-order chi connectivity index (χ0) is 8.27. The van der Waals surface area contributed by atoms with Crippen LogP contribution >= 0.6 is 39.0 Å². The lowest BCUT2D eigenvalue weighted by Gasteiger charge is -2.02. The van der Waals surface area contributed by atoms with E-state index < -0.39 is 0 Å². The molecular formula is C8H11BrS2. The third-order valence-electron chi connectivity index (χ3n) is 1.24. The van der Waals surface area contributed by atoms with Gasteiger partial charge in [-0.25, -0.2) is 0 Å². The second-order valence-corrected chi connectivity index (χ2v) is 5.97. The van der Waals surface area contributed by atoms with Crippen molar-refractivity contribution in [2.45, 2.75) is 24.9 Å². The van der Waals surface area contributed by atoms with Crippen molar-refractivity contribution >= 4 is 39.0 Å². The van der Waals surface area contributed by atoms with Crippen molar-refractivity contribution in [1.82, 2.24) is 0 Å². The van der Waals surface area contributed by atoms with Gasteiger partial charge >= 0.3 is 0 Å². The minimum Gasteiger partial charge on any atom is -0.153 e. The Kier molecular flexibility index (Phi) is 3.96. The molecule has 0 aliphatic heterocycles. The third kappa shape index (κ3) is 3.18. The van der Waals surface area contributed by atoms with Gasteiger partial charge in [-0.1, -0.05) is 13.8 Å². The molecule has 3 heteroatoms. The molecule has 0 fully saturated rings. The fraction of sp³-hybridized carbons (Fsp3) is 0.500. The van der Waals surface area contributed by atoms with Crippen LogP contribution in [0.5, 0.6) is 0 Å². The maximum atomic E-state index is 3.51. The first-order valence-corrected chi connectivity index (χ1v) is 6.25. The summed E-state index contributed by atoms with van der Waals surface area (Å²) in [4.78, 5) is 1.45. The molecule has 1 rings (SSSR count). The Labute approximate surface area is 84.5 Å². The van der Waals surface area contributed by atoms with Crippen LogP contribution in [0.1, 0.15) is 18.7 Å². The van der Waals surface area contributed by atoms with Gasteiger partial charge in [0.15, 0.2) is 0 Å². The number of rotatable bonds is 3. The molecule has 0 spiro atoms. The molecule has 0 nitrogen and oxygen atoms in total. The second kappa shape index (κ2) is 4.53. The Morgan fingerprint density at radius 2 is 2.36 bits per heavy atom. The zero-order valence-corrected chi connectivity index (χ0v) is 9.85. The molecule has 0 aliphatic rings. The van der Waals surface area contributed by atoms with Crippen LogP contribution in [0, 0.1) is 0 Å². The van der Waals surface area contributed by atoms with Crippen LogP contribution in [0.15, 0.2) is 15.9 Å². The van der Waals surface area contributed by atoms with Crippen LogP contribution in [-0.2, 0) is 5.75 Å². The lowest BCUT2D eigenvalue weighted by atomic mass is 10.5. The Balaban J connectivity index is 2.44. The smallest absolute Gasteiger partial charge is 0.0322 e. The van der Waals surface area contributed by atoms with Gasteiger partial charge < -0.3 is 0 Å². The van der Waals surface area contributed by atoms with Crippen molar-refractivity contribution in [3.05, 3.63) is 20.8 Å². The van der Waals surface area contributed by atoms with E-state index in [0.29, 0.717) is 0 Å². The third-order valence-corrected chi connectivity index (χ3v) is 4.47. The highest BCUT2D eigenvalue weighted by Crippen LogP contribution is 2.28. The number of thioether (sulfide) groups is 1. The summed E-state index contributed by atoms with van der Waals surface area (Å²) < 4.78 is 1.26. The fourth-order valence-electron chi connectivity index (χ4n) is 0.670. The highest BCUT2D eigenvalue weighted by Gasteiger charge is 2.01. The van der Waals surface area contributed by atoms with Gasteiger partial charge in [0.25, 0.3) is 0 Å². The molecule has 0 saturated carbocycles. The van der Waals surface area contributed by atoms with Crippen molar-refractivity contribution in [2.24, 2.45) is 0 Å². The predicted octanol–water partition coefficient (Wildman–Crippen LogP) is 4.15. The maximum Gasteiger partial charge on any atom is 0.0322 e. The lowest BCUT2D eigenvalue weighted by molar-refractivity contribution is 1.11. The van der Waals surface area contributed by atoms with Crippen LogP contribution in [0.2, 0.25) is 0 Å². The summed E-state index contributed by atoms with van der Waals surface area (Å²) in [7, 11) is 0. The predicted molar refractivity (Wildman–Crippen MR) is 58.5 cm³/mol. The summed E-state index contributed by atoms with van der Waals surface area (Å²) in [5.74, 6) is 1.13. The summed E-state index contributed by atoms with van der Waals surface area (Å²) in [5.41, 5.74) is 0. The van der Waals surface area contributed by atoms with E-state index in [1.54, 1.807) is 0 Å². The van der Waals surface area contributed by atoms with E-state index in [2.05, 4.69) is 41.2 Å². The van der Waals surface area contributed by atoms with E-state index in [9.17, 15) is 0 Å². The molecule has 1 aromatic heterocycles. The van der Waals surface area contributed by atoms with Gasteiger partial charge in [0.05, 0.1) is 0 Å². The Hall–Kier alpha value is 0.530.